The fourth-order valence-corrected chi connectivity index (χ4v) is 2.15. The number of benzene rings is 1. The van der Waals surface area contributed by atoms with Gasteiger partial charge in [-0.2, -0.15) is 0 Å². The lowest BCUT2D eigenvalue weighted by molar-refractivity contribution is -0.110. The van der Waals surface area contributed by atoms with Gasteiger partial charge >= 0.3 is 0 Å². The van der Waals surface area contributed by atoms with Gasteiger partial charge in [-0.05, 0) is 40.2 Å². The van der Waals surface area contributed by atoms with Crippen molar-refractivity contribution in [3.05, 3.63) is 52.4 Å². The molecule has 1 aliphatic rings. The fourth-order valence-electron chi connectivity index (χ4n) is 1.83. The molecule has 1 aliphatic heterocycles. The molecule has 0 atom stereocenters. The van der Waals surface area contributed by atoms with Gasteiger partial charge in [-0.25, -0.2) is 0 Å². The summed E-state index contributed by atoms with van der Waals surface area (Å²) in [5, 5.41) is 2.81. The van der Waals surface area contributed by atoms with Gasteiger partial charge in [0.25, 0.3) is 5.91 Å². The van der Waals surface area contributed by atoms with E-state index in [0.29, 0.717) is 16.0 Å². The number of amides is 1. The normalized spacial score (nSPS) is 16.1. The van der Waals surface area contributed by atoms with Crippen molar-refractivity contribution in [2.45, 2.75) is 0 Å². The second kappa shape index (κ2) is 3.89. The predicted octanol–water partition coefficient (Wildman–Crippen LogP) is 3.53. The summed E-state index contributed by atoms with van der Waals surface area (Å²) in [6.45, 7) is 0. The quantitative estimate of drug-likeness (QED) is 0.816. The van der Waals surface area contributed by atoms with Crippen LogP contribution in [0.3, 0.4) is 0 Å². The molecule has 1 aromatic carbocycles. The van der Waals surface area contributed by atoms with Crippen LogP contribution in [0.5, 0.6) is 0 Å². The number of carbonyl (C=O) groups excluding carboxylic acids is 1. The van der Waals surface area contributed by atoms with Crippen LogP contribution >= 0.6 is 15.9 Å². The summed E-state index contributed by atoms with van der Waals surface area (Å²) < 4.78 is 6.02. The van der Waals surface area contributed by atoms with E-state index in [1.165, 1.54) is 0 Å². The van der Waals surface area contributed by atoms with E-state index in [1.54, 1.807) is 12.1 Å². The molecule has 1 aromatic heterocycles. The highest BCUT2D eigenvalue weighted by atomic mass is 79.9. The molecule has 4 heteroatoms. The molecule has 0 aliphatic carbocycles. The Balaban J connectivity index is 2.09. The molecule has 0 bridgehead atoms. The van der Waals surface area contributed by atoms with Gasteiger partial charge in [0.1, 0.15) is 5.76 Å². The zero-order valence-electron chi connectivity index (χ0n) is 8.74. The molecule has 2 aromatic rings. The average Bonchev–Trinajstić information content (AvgIpc) is 2.85. The molecule has 3 rings (SSSR count). The molecule has 0 unspecified atom stereocenters. The molecule has 0 fully saturated rings. The summed E-state index contributed by atoms with van der Waals surface area (Å²) in [4.78, 5) is 11.8. The van der Waals surface area contributed by atoms with Gasteiger partial charge < -0.3 is 9.73 Å². The van der Waals surface area contributed by atoms with Crippen LogP contribution in [0, 0.1) is 0 Å². The first-order chi connectivity index (χ1) is 8.24. The molecule has 1 N–H and O–H groups in total. The second-order valence-corrected chi connectivity index (χ2v) is 4.48. The summed E-state index contributed by atoms with van der Waals surface area (Å²) in [6.07, 6.45) is 1.74. The first kappa shape index (κ1) is 10.4. The molecule has 3 nitrogen and oxygen atoms in total. The lowest BCUT2D eigenvalue weighted by Crippen LogP contribution is -2.03. The molecule has 0 radical (unpaired) electrons. The largest absolute Gasteiger partial charge is 0.450 e. The van der Waals surface area contributed by atoms with E-state index in [2.05, 4.69) is 21.2 Å². The number of anilines is 1. The minimum absolute atomic E-state index is 0.0984. The number of para-hydroxylation sites is 1. The van der Waals surface area contributed by atoms with Gasteiger partial charge in [-0.15, -0.1) is 0 Å². The highest BCUT2D eigenvalue weighted by Crippen LogP contribution is 2.33. The van der Waals surface area contributed by atoms with Crippen LogP contribution in [0.4, 0.5) is 5.69 Å². The van der Waals surface area contributed by atoms with Crippen molar-refractivity contribution in [2.24, 2.45) is 0 Å². The Bertz CT molecular complexity index is 628. The number of fused-ring (bicyclic) bond motifs is 1. The van der Waals surface area contributed by atoms with Crippen LogP contribution in [0.1, 0.15) is 11.3 Å². The Hall–Kier alpha value is -1.81. The number of carbonyl (C=O) groups is 1. The SMILES string of the molecule is O=C1Nc2ccccc2/C1=C\c1ccc(Br)o1. The molecule has 2 heterocycles. The lowest BCUT2D eigenvalue weighted by atomic mass is 10.1. The van der Waals surface area contributed by atoms with Gasteiger partial charge in [-0.3, -0.25) is 4.79 Å². The van der Waals surface area contributed by atoms with Gasteiger partial charge in [-0.1, -0.05) is 18.2 Å². The highest BCUT2D eigenvalue weighted by Gasteiger charge is 2.23. The van der Waals surface area contributed by atoms with Crippen LogP contribution in [0.2, 0.25) is 0 Å². The van der Waals surface area contributed by atoms with E-state index in [4.69, 9.17) is 4.42 Å². The Morgan fingerprint density at radius 1 is 1.18 bits per heavy atom. The number of hydrogen-bond acceptors (Lipinski definition) is 2. The lowest BCUT2D eigenvalue weighted by Gasteiger charge is -1.95. The van der Waals surface area contributed by atoms with Crippen molar-refractivity contribution >= 4 is 39.2 Å². The van der Waals surface area contributed by atoms with Crippen molar-refractivity contribution in [1.82, 2.24) is 0 Å². The van der Waals surface area contributed by atoms with Crippen LogP contribution in [-0.4, -0.2) is 5.91 Å². The number of rotatable bonds is 1. The van der Waals surface area contributed by atoms with Crippen LogP contribution in [0.15, 0.2) is 45.5 Å². The molecular formula is C13H8BrNO2. The zero-order chi connectivity index (χ0) is 11.8. The molecule has 17 heavy (non-hydrogen) atoms. The van der Waals surface area contributed by atoms with E-state index >= 15 is 0 Å². The molecular weight excluding hydrogens is 282 g/mol. The third kappa shape index (κ3) is 1.80. The van der Waals surface area contributed by atoms with Crippen LogP contribution < -0.4 is 5.32 Å². The first-order valence-electron chi connectivity index (χ1n) is 5.12. The van der Waals surface area contributed by atoms with Crippen molar-refractivity contribution < 1.29 is 9.21 Å². The number of furan rings is 1. The fraction of sp³-hybridized carbons (Fsp3) is 0. The smallest absolute Gasteiger partial charge is 0.256 e. The standard InChI is InChI=1S/C13H8BrNO2/c14-12-6-5-8(17-12)7-10-9-3-1-2-4-11(9)15-13(10)16/h1-7H,(H,15,16)/b10-7+. The molecule has 0 spiro atoms. The topological polar surface area (TPSA) is 42.2 Å². The Morgan fingerprint density at radius 2 is 2.00 bits per heavy atom. The van der Waals surface area contributed by atoms with E-state index in [0.717, 1.165) is 11.3 Å². The zero-order valence-corrected chi connectivity index (χ0v) is 10.3. The maximum absolute atomic E-state index is 11.8. The maximum atomic E-state index is 11.8. The number of hydrogen-bond donors (Lipinski definition) is 1. The minimum Gasteiger partial charge on any atom is -0.450 e. The van der Waals surface area contributed by atoms with E-state index < -0.39 is 0 Å². The average molecular weight is 290 g/mol. The highest BCUT2D eigenvalue weighted by molar-refractivity contribution is 9.10. The molecule has 1 amide bonds. The summed E-state index contributed by atoms with van der Waals surface area (Å²) in [5.41, 5.74) is 2.38. The van der Waals surface area contributed by atoms with E-state index in [-0.39, 0.29) is 5.91 Å². The molecule has 84 valence electrons. The number of halogens is 1. The molecule has 0 saturated heterocycles. The maximum Gasteiger partial charge on any atom is 0.256 e. The monoisotopic (exact) mass is 289 g/mol. The van der Waals surface area contributed by atoms with Crippen molar-refractivity contribution in [3.63, 3.8) is 0 Å². The van der Waals surface area contributed by atoms with Gasteiger partial charge in [0.2, 0.25) is 0 Å². The third-order valence-corrected chi connectivity index (χ3v) is 3.02. The second-order valence-electron chi connectivity index (χ2n) is 3.70. The predicted molar refractivity (Wildman–Crippen MR) is 69.4 cm³/mol. The van der Waals surface area contributed by atoms with Crippen molar-refractivity contribution in [3.8, 4) is 0 Å². The van der Waals surface area contributed by atoms with Gasteiger partial charge in [0, 0.05) is 11.3 Å². The minimum atomic E-state index is -0.0984. The van der Waals surface area contributed by atoms with Gasteiger partial charge in [0.15, 0.2) is 4.67 Å². The molecule has 0 saturated carbocycles. The summed E-state index contributed by atoms with van der Waals surface area (Å²) >= 11 is 3.23. The third-order valence-electron chi connectivity index (χ3n) is 2.59. The van der Waals surface area contributed by atoms with Crippen LogP contribution in [0.25, 0.3) is 11.6 Å². The number of nitrogens with one attached hydrogen (secondary N) is 1. The summed E-state index contributed by atoms with van der Waals surface area (Å²) in [5.74, 6) is 0.553. The van der Waals surface area contributed by atoms with E-state index in [9.17, 15) is 4.79 Å². The Morgan fingerprint density at radius 3 is 2.76 bits per heavy atom. The summed E-state index contributed by atoms with van der Waals surface area (Å²) in [6, 6.07) is 11.2. The van der Waals surface area contributed by atoms with Crippen molar-refractivity contribution in [1.29, 1.82) is 0 Å². The van der Waals surface area contributed by atoms with Crippen molar-refractivity contribution in [2.75, 3.05) is 5.32 Å². The van der Waals surface area contributed by atoms with Crippen LogP contribution in [-0.2, 0) is 4.79 Å². The van der Waals surface area contributed by atoms with Gasteiger partial charge in [0.05, 0.1) is 5.57 Å². The Labute approximate surface area is 106 Å². The van der Waals surface area contributed by atoms with E-state index in [1.807, 2.05) is 30.3 Å². The first-order valence-corrected chi connectivity index (χ1v) is 5.91. The Kier molecular flexibility index (Phi) is 2.37. The summed E-state index contributed by atoms with van der Waals surface area (Å²) in [7, 11) is 0.